The van der Waals surface area contributed by atoms with Crippen molar-refractivity contribution in [2.24, 2.45) is 10.8 Å². The number of pyridine rings is 2. The second kappa shape index (κ2) is 17.8. The van der Waals surface area contributed by atoms with Gasteiger partial charge in [-0.05, 0) is 131 Å². The van der Waals surface area contributed by atoms with Crippen molar-refractivity contribution in [3.8, 4) is 44.8 Å². The van der Waals surface area contributed by atoms with E-state index in [1.807, 2.05) is 20.8 Å². The minimum atomic E-state index is -2.91. The molecule has 0 spiro atoms. The molecule has 0 amide bonds. The van der Waals surface area contributed by atoms with E-state index in [2.05, 4.69) is 22.1 Å². The molecule has 0 saturated carbocycles. The number of fused-ring (bicyclic) bond motifs is 3. The third-order valence-corrected chi connectivity index (χ3v) is 9.23. The molecule has 1 radical (unpaired) electrons. The van der Waals surface area contributed by atoms with Crippen LogP contribution in [0, 0.1) is 64.1 Å². The van der Waals surface area contributed by atoms with Crippen LogP contribution in [0.5, 0.6) is 0 Å². The van der Waals surface area contributed by atoms with Gasteiger partial charge in [-0.25, -0.2) is 0 Å². The van der Waals surface area contributed by atoms with E-state index in [1.165, 1.54) is 60.8 Å². The summed E-state index contributed by atoms with van der Waals surface area (Å²) in [4.78, 5) is 8.70. The molecule has 60 heavy (non-hydrogen) atoms. The van der Waals surface area contributed by atoms with Crippen LogP contribution < -0.4 is 0 Å². The monoisotopic (exact) mass is 990 g/mol. The molecule has 0 aliphatic carbocycles. The third kappa shape index (κ3) is 10.2. The summed E-state index contributed by atoms with van der Waals surface area (Å²) in [5.41, 5.74) is -0.504. The number of aryl methyl sites for hydroxylation is 6. The summed E-state index contributed by atoms with van der Waals surface area (Å²) in [5.74, 6) is 0. The molecule has 309 valence electrons. The Labute approximate surface area is 403 Å². The zero-order valence-electron chi connectivity index (χ0n) is 56.0. The number of hydrogen-bond donors (Lipinski definition) is 0. The molecule has 8 aromatic rings. The second-order valence-electron chi connectivity index (χ2n) is 16.4. The van der Waals surface area contributed by atoms with Gasteiger partial charge < -0.3 is 14.4 Å². The van der Waals surface area contributed by atoms with Gasteiger partial charge >= 0.3 is 0 Å². The molecule has 0 N–H and O–H groups in total. The Hall–Kier alpha value is -5.15. The molecule has 8 rings (SSSR count). The van der Waals surface area contributed by atoms with Gasteiger partial charge in [-0.1, -0.05) is 126 Å². The van der Waals surface area contributed by atoms with Crippen LogP contribution in [0.4, 0.5) is 0 Å². The normalized spacial score (nSPS) is 18.8. The van der Waals surface area contributed by atoms with Gasteiger partial charge in [0, 0.05) is 68.0 Å². The second-order valence-corrected chi connectivity index (χ2v) is 16.4. The molecule has 3 aromatic heterocycles. The fourth-order valence-corrected chi connectivity index (χ4v) is 6.72. The largest absolute Gasteiger partial charge is 0.500 e. The van der Waals surface area contributed by atoms with Crippen LogP contribution in [0.15, 0.2) is 114 Å². The molecule has 4 heteroatoms. The van der Waals surface area contributed by atoms with Gasteiger partial charge in [0.15, 0.2) is 0 Å². The first kappa shape index (κ1) is 23.7. The predicted molar refractivity (Wildman–Crippen MR) is 250 cm³/mol. The molecule has 5 aromatic carbocycles. The van der Waals surface area contributed by atoms with E-state index >= 15 is 0 Å². The molecular weight excluding hydrogens is 909 g/mol. The molecule has 3 nitrogen and oxygen atoms in total. The molecule has 0 fully saturated rings. The average molecular weight is 989 g/mol. The first-order chi connectivity index (χ1) is 36.7. The van der Waals surface area contributed by atoms with E-state index < -0.39 is 64.7 Å². The van der Waals surface area contributed by atoms with Crippen LogP contribution >= 0.6 is 0 Å². The Balaban J connectivity index is 0.000000377. The van der Waals surface area contributed by atoms with Gasteiger partial charge in [0.05, 0.1) is 5.58 Å². The predicted octanol–water partition coefficient (Wildman–Crippen LogP) is 15.4. The van der Waals surface area contributed by atoms with E-state index in [9.17, 15) is 0 Å². The molecule has 3 heterocycles. The maximum Gasteiger partial charge on any atom is 0.123 e. The summed E-state index contributed by atoms with van der Waals surface area (Å²) in [5, 5.41) is 0.497. The van der Waals surface area contributed by atoms with Crippen molar-refractivity contribution in [1.82, 2.24) is 9.97 Å². The zero-order valence-corrected chi connectivity index (χ0v) is 36.4. The number of hydrogen-bond acceptors (Lipinski definition) is 3. The summed E-state index contributed by atoms with van der Waals surface area (Å²) in [7, 11) is 0. The SMILES string of the molecule is [2H]C([2H])([2H])c1c[c-]c(-c2ccc(C([2H])([2H])C(C)(C)C)cn2)cc1.[2H]C([2H])([2H])c1cc(C([2H])([2H])[2H])c2oc3c(-c4cc(-c5cc(C([2H])([2H])[2H])c(-c6ccc(C([2H])([2H])C(C)(C)C)cc6)cc5C([2H])([2H])[2H])c(C([2H])([2H])[2H])cn4)[c-]ccc3c2c1.[Ir]. The van der Waals surface area contributed by atoms with Crippen molar-refractivity contribution in [3.63, 3.8) is 0 Å². The van der Waals surface area contributed by atoms with E-state index in [1.54, 1.807) is 51.1 Å². The Bertz CT molecular complexity index is 3610. The van der Waals surface area contributed by atoms with Gasteiger partial charge in [-0.2, -0.15) is 0 Å². The third-order valence-electron chi connectivity index (χ3n) is 9.23. The number of nitrogens with zero attached hydrogens (tertiary/aromatic N) is 2. The quantitative estimate of drug-likeness (QED) is 0.156. The maximum atomic E-state index is 8.66. The Morgan fingerprint density at radius 2 is 1.23 bits per heavy atom. The van der Waals surface area contributed by atoms with Crippen LogP contribution in [-0.2, 0) is 32.9 Å². The molecule has 0 bridgehead atoms. The van der Waals surface area contributed by atoms with Gasteiger partial charge in [0.2, 0.25) is 0 Å². The fourth-order valence-electron chi connectivity index (χ4n) is 6.72. The summed E-state index contributed by atoms with van der Waals surface area (Å²) in [6, 6.07) is 29.1. The molecule has 0 aliphatic rings. The minimum absolute atomic E-state index is 0. The van der Waals surface area contributed by atoms with Crippen LogP contribution in [-0.4, -0.2) is 9.97 Å². The number of benzene rings is 5. The fraction of sp³-hybridized carbons (Fsp3) is 0.286. The molecule has 0 unspecified atom stereocenters. The number of furan rings is 1. The first-order valence-corrected chi connectivity index (χ1v) is 19.0. The van der Waals surface area contributed by atoms with Crippen LogP contribution in [0.2, 0.25) is 0 Å². The van der Waals surface area contributed by atoms with Crippen molar-refractivity contribution in [3.05, 3.63) is 166 Å². The Kier molecular flexibility index (Phi) is 7.05. The zero-order chi connectivity index (χ0) is 60.8. The Morgan fingerprint density at radius 3 is 1.88 bits per heavy atom. The summed E-state index contributed by atoms with van der Waals surface area (Å²) in [6.45, 7) is -5.41. The topological polar surface area (TPSA) is 38.9 Å². The molecule has 0 atom stereocenters. The smallest absolute Gasteiger partial charge is 0.123 e. The van der Waals surface area contributed by atoms with Crippen LogP contribution in [0.1, 0.15) is 116 Å². The number of rotatable bonds is 6. The van der Waals surface area contributed by atoms with Crippen molar-refractivity contribution in [2.75, 3.05) is 0 Å². The maximum absolute atomic E-state index is 8.66. The summed E-state index contributed by atoms with van der Waals surface area (Å²) >= 11 is 0. The standard InChI is InChI=1S/C39H38NO.C17H20N.Ir/c1-23-16-26(4)37-35(17-23)30-10-9-11-31(38(30)41-37)36-20-34(27(5)22-40-36)33-19-24(2)32(18-25(33)3)29-14-12-28(13-15-29)21-39(6,7)8;1-13-5-8-15(9-6-13)16-10-7-14(12-18-16)11-17(2,3)4;/h9-10,12-20,22H,21H2,1-8H3;5-8,10,12H,11H2,1-4H3;/q2*-1;/i1D3,2D3,3D3,4D3,5D3,21D2;1D3,11D2;. The van der Waals surface area contributed by atoms with Crippen molar-refractivity contribution in [2.45, 2.75) is 95.4 Å². The van der Waals surface area contributed by atoms with Crippen LogP contribution in [0.25, 0.3) is 66.7 Å². The minimum Gasteiger partial charge on any atom is -0.500 e. The summed E-state index contributed by atoms with van der Waals surface area (Å²) in [6.07, 6.45) is -0.694. The molecule has 0 saturated heterocycles. The van der Waals surface area contributed by atoms with Crippen molar-refractivity contribution in [1.29, 1.82) is 0 Å². The van der Waals surface area contributed by atoms with E-state index in [-0.39, 0.29) is 98.0 Å². The van der Waals surface area contributed by atoms with Gasteiger partial charge in [-0.15, -0.1) is 53.6 Å². The Morgan fingerprint density at radius 1 is 0.567 bits per heavy atom. The number of aromatic nitrogens is 2. The van der Waals surface area contributed by atoms with Gasteiger partial charge in [0.25, 0.3) is 0 Å². The van der Waals surface area contributed by atoms with Crippen LogP contribution in [0.3, 0.4) is 0 Å². The molecular formula is C56H58IrN2O-2. The van der Waals surface area contributed by atoms with Gasteiger partial charge in [-0.3, -0.25) is 0 Å². The molecule has 0 aliphatic heterocycles. The van der Waals surface area contributed by atoms with E-state index in [4.69, 9.17) is 34.6 Å². The van der Waals surface area contributed by atoms with E-state index in [0.717, 1.165) is 18.3 Å². The van der Waals surface area contributed by atoms with Gasteiger partial charge in [0.1, 0.15) is 5.58 Å². The van der Waals surface area contributed by atoms with Crippen molar-refractivity contribution >= 4 is 21.9 Å². The first-order valence-electron chi connectivity index (χ1n) is 30.0. The average Bonchev–Trinajstić information content (AvgIpc) is 3.95. The van der Waals surface area contributed by atoms with E-state index in [0.29, 0.717) is 33.3 Å². The van der Waals surface area contributed by atoms with Crippen molar-refractivity contribution < 1.29 is 54.7 Å². The summed E-state index contributed by atoms with van der Waals surface area (Å²) < 4.78 is 187.